The van der Waals surface area contributed by atoms with E-state index in [9.17, 15) is 10.2 Å². The van der Waals surface area contributed by atoms with E-state index >= 15 is 0 Å². The highest BCUT2D eigenvalue weighted by molar-refractivity contribution is 6.62. The number of hydrogen-bond donors (Lipinski definition) is 2. The van der Waals surface area contributed by atoms with Crippen LogP contribution in [-0.2, 0) is 54.3 Å². The lowest BCUT2D eigenvalue weighted by Gasteiger charge is -2.34. The topological polar surface area (TPSA) is 102 Å². The largest absolute Gasteiger partial charge is 0.494 e. The number of hydrogen-bond acceptors (Lipinski definition) is 10. The lowest BCUT2D eigenvalue weighted by molar-refractivity contribution is 0.0340. The quantitative estimate of drug-likeness (QED) is 0.0591. The molecule has 0 radical (unpaired) electrons. The van der Waals surface area contributed by atoms with Crippen molar-refractivity contribution in [1.82, 2.24) is 9.80 Å². The highest BCUT2D eigenvalue weighted by Crippen LogP contribution is 2.35. The van der Waals surface area contributed by atoms with Crippen molar-refractivity contribution in [3.05, 3.63) is 119 Å². The molecule has 60 heavy (non-hydrogen) atoms. The SMILES string of the molecule is CC1(C)COB(c2ccccc2CN(CCOCCO)Cc2c3ccccc3c(CN(CCOCCO)Cc3ccccc3B3OCC(C)(C)CO3)c3ccccc23)OC1. The molecule has 2 aliphatic rings. The molecule has 2 aliphatic heterocycles. The Morgan fingerprint density at radius 2 is 0.817 bits per heavy atom. The van der Waals surface area contributed by atoms with Crippen molar-refractivity contribution in [2.75, 3.05) is 79.2 Å². The number of fused-ring (bicyclic) bond motifs is 2. The van der Waals surface area contributed by atoms with Gasteiger partial charge in [-0.2, -0.15) is 0 Å². The van der Waals surface area contributed by atoms with Crippen molar-refractivity contribution < 1.29 is 38.3 Å². The second-order valence-electron chi connectivity index (χ2n) is 17.8. The molecule has 0 amide bonds. The average molecular weight is 817 g/mol. The summed E-state index contributed by atoms with van der Waals surface area (Å²) in [6, 6.07) is 34.4. The average Bonchev–Trinajstić information content (AvgIpc) is 3.25. The van der Waals surface area contributed by atoms with Gasteiger partial charge in [-0.3, -0.25) is 9.80 Å². The Morgan fingerprint density at radius 1 is 0.483 bits per heavy atom. The Hall–Kier alpha value is -3.65. The van der Waals surface area contributed by atoms with Crippen LogP contribution < -0.4 is 10.9 Å². The molecule has 0 aromatic heterocycles. The normalized spacial score (nSPS) is 16.7. The molecule has 5 aromatic rings. The third-order valence-corrected chi connectivity index (χ3v) is 11.4. The van der Waals surface area contributed by atoms with Gasteiger partial charge >= 0.3 is 14.2 Å². The maximum Gasteiger partial charge on any atom is 0.494 e. The summed E-state index contributed by atoms with van der Waals surface area (Å²) in [6.07, 6.45) is 0. The van der Waals surface area contributed by atoms with E-state index in [1.807, 2.05) is 0 Å². The Bertz CT molecular complexity index is 1920. The number of aliphatic hydroxyl groups excluding tert-OH is 2. The molecular formula is C48H62B2N2O8. The molecular weight excluding hydrogens is 754 g/mol. The first-order valence-corrected chi connectivity index (χ1v) is 21.5. The van der Waals surface area contributed by atoms with Crippen LogP contribution in [0.5, 0.6) is 0 Å². The standard InChI is InChI=1S/C48H62B2N2O8/c1-47(2)33-57-49(58-34-47)45-19-11-5-13-37(45)29-51(21-25-55-27-23-53)31-43-39-15-7-9-17-41(39)44(42-18-10-8-16-40(42)43)32-52(22-26-56-28-24-54)30-38-14-6-12-20-46(38)50-59-35-48(3,4)36-60-50/h5-20,53-54H,21-36H2,1-4H3. The van der Waals surface area contributed by atoms with E-state index in [4.69, 9.17) is 28.1 Å². The van der Waals surface area contributed by atoms with Crippen molar-refractivity contribution in [3.63, 3.8) is 0 Å². The van der Waals surface area contributed by atoms with E-state index < -0.39 is 14.2 Å². The molecule has 0 unspecified atom stereocenters. The molecule has 2 fully saturated rings. The van der Waals surface area contributed by atoms with Crippen LogP contribution in [0, 0.1) is 10.8 Å². The van der Waals surface area contributed by atoms with E-state index in [1.54, 1.807) is 0 Å². The van der Waals surface area contributed by atoms with E-state index in [2.05, 4.69) is 135 Å². The van der Waals surface area contributed by atoms with E-state index in [0.717, 1.165) is 22.1 Å². The second-order valence-corrected chi connectivity index (χ2v) is 17.8. The fourth-order valence-corrected chi connectivity index (χ4v) is 8.29. The Balaban J connectivity index is 1.22. The second kappa shape index (κ2) is 20.9. The molecule has 0 bridgehead atoms. The van der Waals surface area contributed by atoms with Crippen LogP contribution in [0.4, 0.5) is 0 Å². The van der Waals surface area contributed by atoms with Gasteiger partial charge in [0.2, 0.25) is 0 Å². The molecule has 2 saturated heterocycles. The first-order valence-electron chi connectivity index (χ1n) is 21.5. The van der Waals surface area contributed by atoms with Crippen LogP contribution in [0.3, 0.4) is 0 Å². The van der Waals surface area contributed by atoms with Gasteiger partial charge < -0.3 is 38.3 Å². The Kier molecular flexibility index (Phi) is 15.5. The van der Waals surface area contributed by atoms with Gasteiger partial charge in [-0.05, 0) is 54.7 Å². The zero-order valence-electron chi connectivity index (χ0n) is 35.9. The van der Waals surface area contributed by atoms with Crippen LogP contribution in [-0.4, -0.2) is 113 Å². The smallest absolute Gasteiger partial charge is 0.407 e. The van der Waals surface area contributed by atoms with Gasteiger partial charge in [-0.25, -0.2) is 0 Å². The Labute approximate surface area is 357 Å². The number of benzene rings is 5. The molecule has 7 rings (SSSR count). The molecule has 10 nitrogen and oxygen atoms in total. The van der Waals surface area contributed by atoms with E-state index in [1.165, 1.54) is 32.7 Å². The minimum absolute atomic E-state index is 0.0110. The zero-order chi connectivity index (χ0) is 42.0. The molecule has 0 atom stereocenters. The first-order chi connectivity index (χ1) is 29.1. The van der Waals surface area contributed by atoms with Gasteiger partial charge in [0.05, 0.1) is 39.6 Å². The van der Waals surface area contributed by atoms with Gasteiger partial charge in [-0.1, -0.05) is 125 Å². The van der Waals surface area contributed by atoms with E-state index in [0.29, 0.717) is 92.1 Å². The lowest BCUT2D eigenvalue weighted by atomic mass is 9.73. The third-order valence-electron chi connectivity index (χ3n) is 11.4. The minimum Gasteiger partial charge on any atom is -0.407 e. The Morgan fingerprint density at radius 3 is 1.17 bits per heavy atom. The fraction of sp³-hybridized carbons (Fsp3) is 0.458. The van der Waals surface area contributed by atoms with Crippen LogP contribution in [0.25, 0.3) is 21.5 Å². The van der Waals surface area contributed by atoms with Gasteiger partial charge in [0.1, 0.15) is 0 Å². The van der Waals surface area contributed by atoms with Crippen molar-refractivity contribution in [2.24, 2.45) is 10.8 Å². The van der Waals surface area contributed by atoms with Crippen molar-refractivity contribution in [1.29, 1.82) is 0 Å². The van der Waals surface area contributed by atoms with Crippen LogP contribution in [0.2, 0.25) is 0 Å². The van der Waals surface area contributed by atoms with Gasteiger partial charge in [0.25, 0.3) is 0 Å². The highest BCUT2D eigenvalue weighted by atomic mass is 16.6. The molecule has 12 heteroatoms. The van der Waals surface area contributed by atoms with Crippen LogP contribution >= 0.6 is 0 Å². The zero-order valence-corrected chi connectivity index (χ0v) is 35.9. The maximum absolute atomic E-state index is 9.49. The van der Waals surface area contributed by atoms with Gasteiger partial charge in [-0.15, -0.1) is 0 Å². The predicted molar refractivity (Wildman–Crippen MR) is 241 cm³/mol. The summed E-state index contributed by atoms with van der Waals surface area (Å²) in [5.41, 5.74) is 6.87. The van der Waals surface area contributed by atoms with Crippen LogP contribution in [0.1, 0.15) is 49.9 Å². The first kappa shape index (κ1) is 44.4. The predicted octanol–water partition coefficient (Wildman–Crippen LogP) is 5.55. The third kappa shape index (κ3) is 11.4. The highest BCUT2D eigenvalue weighted by Gasteiger charge is 2.36. The monoisotopic (exact) mass is 816 g/mol. The van der Waals surface area contributed by atoms with Crippen molar-refractivity contribution in [2.45, 2.75) is 53.9 Å². The van der Waals surface area contributed by atoms with Crippen molar-refractivity contribution >= 4 is 46.7 Å². The number of rotatable bonds is 20. The molecule has 2 N–H and O–H groups in total. The summed E-state index contributed by atoms with van der Waals surface area (Å²) in [5, 5.41) is 23.8. The fourth-order valence-electron chi connectivity index (χ4n) is 8.29. The summed E-state index contributed by atoms with van der Waals surface area (Å²) < 4.78 is 36.9. The summed E-state index contributed by atoms with van der Waals surface area (Å²) in [7, 11) is -0.831. The number of nitrogens with zero attached hydrogens (tertiary/aromatic N) is 2. The molecule has 0 saturated carbocycles. The van der Waals surface area contributed by atoms with Gasteiger partial charge in [0.15, 0.2) is 0 Å². The molecule has 5 aromatic carbocycles. The van der Waals surface area contributed by atoms with Crippen molar-refractivity contribution in [3.8, 4) is 0 Å². The maximum atomic E-state index is 9.49. The van der Waals surface area contributed by atoms with Crippen LogP contribution in [0.15, 0.2) is 97.1 Å². The number of ether oxygens (including phenoxy) is 2. The molecule has 0 aliphatic carbocycles. The summed E-state index contributed by atoms with van der Waals surface area (Å²) >= 11 is 0. The lowest BCUT2D eigenvalue weighted by Crippen LogP contribution is -2.49. The summed E-state index contributed by atoms with van der Waals surface area (Å²) in [5.74, 6) is 0. The number of aliphatic hydroxyl groups is 2. The molecule has 318 valence electrons. The molecule has 0 spiro atoms. The minimum atomic E-state index is -0.415. The van der Waals surface area contributed by atoms with Gasteiger partial charge in [0, 0.05) is 76.5 Å². The summed E-state index contributed by atoms with van der Waals surface area (Å²) in [4.78, 5) is 4.88. The van der Waals surface area contributed by atoms with E-state index in [-0.39, 0.29) is 24.0 Å². The molecule has 2 heterocycles. The summed E-state index contributed by atoms with van der Waals surface area (Å²) in [6.45, 7) is 16.8.